The molecule has 0 aromatic carbocycles. The van der Waals surface area contributed by atoms with E-state index < -0.39 is 5.97 Å². The van der Waals surface area contributed by atoms with E-state index in [4.69, 9.17) is 5.11 Å². The Labute approximate surface area is 156 Å². The Morgan fingerprint density at radius 3 is 1.24 bits per heavy atom. The van der Waals surface area contributed by atoms with Crippen molar-refractivity contribution in [1.82, 2.24) is 0 Å². The van der Waals surface area contributed by atoms with E-state index in [0.717, 1.165) is 25.7 Å². The van der Waals surface area contributed by atoms with E-state index in [1.807, 2.05) is 0 Å². The molecular weight excluding hydrogens is 331 g/mol. The van der Waals surface area contributed by atoms with Gasteiger partial charge in [0.05, 0.1) is 0 Å². The third-order valence-electron chi connectivity index (χ3n) is 4.74. The number of rotatable bonds is 19. The molecule has 146 valence electrons. The van der Waals surface area contributed by atoms with E-state index >= 15 is 0 Å². The van der Waals surface area contributed by atoms with Crippen molar-refractivity contribution >= 4 is 13.9 Å². The Kier molecular flexibility index (Phi) is 21.1. The van der Waals surface area contributed by atoms with Crippen LogP contribution in [-0.4, -0.2) is 11.1 Å². The van der Waals surface area contributed by atoms with Crippen LogP contribution in [0.5, 0.6) is 0 Å². The first-order valence-electron chi connectivity index (χ1n) is 10.5. The van der Waals surface area contributed by atoms with Crippen LogP contribution in [0.25, 0.3) is 0 Å². The van der Waals surface area contributed by atoms with Crippen molar-refractivity contribution in [2.24, 2.45) is 0 Å². The van der Waals surface area contributed by atoms with Gasteiger partial charge in [0, 0.05) is 6.42 Å². The number of hydrogen-bond acceptors (Lipinski definition) is 2. The number of aliphatic carboxylic acids is 1. The summed E-state index contributed by atoms with van der Waals surface area (Å²) in [5, 5.41) is 8.55. The number of carbonyl (C=O) groups is 1. The van der Waals surface area contributed by atoms with Gasteiger partial charge in [0.25, 0.3) is 0 Å². The SMILES string of the molecule is O=P#CCCCCCCCCCCCCCCCCCCCC(=O)O. The smallest absolute Gasteiger partial charge is 0.481 e. The summed E-state index contributed by atoms with van der Waals surface area (Å²) in [4.78, 5) is 10.4. The maximum absolute atomic E-state index is 10.4. The number of hydrogen-bond donors (Lipinski definition) is 1. The van der Waals surface area contributed by atoms with E-state index in [0.29, 0.717) is 6.42 Å². The average molecular weight is 371 g/mol. The van der Waals surface area contributed by atoms with E-state index in [9.17, 15) is 9.36 Å². The van der Waals surface area contributed by atoms with Crippen molar-refractivity contribution in [3.8, 4) is 5.63 Å². The van der Waals surface area contributed by atoms with Gasteiger partial charge in [-0.3, -0.25) is 4.79 Å². The molecule has 0 rings (SSSR count). The van der Waals surface area contributed by atoms with Crippen molar-refractivity contribution in [2.75, 3.05) is 0 Å². The molecule has 0 aromatic heterocycles. The van der Waals surface area contributed by atoms with Crippen LogP contribution in [0.4, 0.5) is 0 Å². The van der Waals surface area contributed by atoms with E-state index in [1.165, 1.54) is 89.9 Å². The fourth-order valence-corrected chi connectivity index (χ4v) is 3.43. The van der Waals surface area contributed by atoms with Crippen molar-refractivity contribution in [2.45, 2.75) is 122 Å². The van der Waals surface area contributed by atoms with Gasteiger partial charge < -0.3 is 5.11 Å². The normalized spacial score (nSPS) is 10.6. The van der Waals surface area contributed by atoms with Crippen LogP contribution in [0.3, 0.4) is 0 Å². The molecule has 0 spiro atoms. The summed E-state index contributed by atoms with van der Waals surface area (Å²) >= 11 is 0. The first-order valence-corrected chi connectivity index (χ1v) is 11.4. The van der Waals surface area contributed by atoms with Crippen molar-refractivity contribution in [1.29, 1.82) is 0 Å². The van der Waals surface area contributed by atoms with E-state index in [2.05, 4.69) is 5.63 Å². The second-order valence-electron chi connectivity index (χ2n) is 7.15. The summed E-state index contributed by atoms with van der Waals surface area (Å²) < 4.78 is 10.2. The third kappa shape index (κ3) is 23.5. The summed E-state index contributed by atoms with van der Waals surface area (Å²) in [6.45, 7) is 0. The quantitative estimate of drug-likeness (QED) is 0.187. The maximum atomic E-state index is 10.4. The molecule has 0 fully saturated rings. The van der Waals surface area contributed by atoms with Gasteiger partial charge in [0.2, 0.25) is 0 Å². The monoisotopic (exact) mass is 370 g/mol. The second-order valence-corrected chi connectivity index (χ2v) is 7.65. The molecule has 0 saturated carbocycles. The summed E-state index contributed by atoms with van der Waals surface area (Å²) in [6, 6.07) is 0. The third-order valence-corrected chi connectivity index (χ3v) is 5.10. The molecule has 0 aliphatic rings. The molecule has 3 nitrogen and oxygen atoms in total. The molecule has 0 aliphatic carbocycles. The van der Waals surface area contributed by atoms with Crippen LogP contribution in [0, 0.1) is 5.63 Å². The molecular formula is C21H39O3P. The minimum Gasteiger partial charge on any atom is -0.481 e. The van der Waals surface area contributed by atoms with E-state index in [1.54, 1.807) is 0 Å². The van der Waals surface area contributed by atoms with Crippen LogP contribution in [0.15, 0.2) is 0 Å². The van der Waals surface area contributed by atoms with Gasteiger partial charge >= 0.3 is 94.7 Å². The summed E-state index contributed by atoms with van der Waals surface area (Å²) in [5.74, 6) is -0.662. The molecule has 4 heteroatoms. The van der Waals surface area contributed by atoms with Gasteiger partial charge in [0.15, 0.2) is 0 Å². The molecule has 0 bridgehead atoms. The van der Waals surface area contributed by atoms with Crippen LogP contribution in [0.1, 0.15) is 122 Å². The van der Waals surface area contributed by atoms with Crippen molar-refractivity contribution in [3.63, 3.8) is 0 Å². The minimum absolute atomic E-state index is 0.0618. The molecule has 0 heterocycles. The first-order chi connectivity index (χ1) is 12.3. The molecule has 0 saturated heterocycles. The standard InChI is InChI=1S/C21H39O3P/c22-21(23)19-17-15-13-11-9-7-5-3-1-2-4-6-8-10-12-14-16-18-20-25-24/h1-19H2,(H,22,23). The molecule has 0 aromatic rings. The summed E-state index contributed by atoms with van der Waals surface area (Å²) in [6.07, 6.45) is 23.0. The summed E-state index contributed by atoms with van der Waals surface area (Å²) in [5.41, 5.74) is 2.80. The predicted octanol–water partition coefficient (Wildman–Crippen LogP) is 7.73. The van der Waals surface area contributed by atoms with Gasteiger partial charge in [-0.15, -0.1) is 0 Å². The van der Waals surface area contributed by atoms with Gasteiger partial charge in [-0.1, -0.05) is 38.5 Å². The zero-order valence-electron chi connectivity index (χ0n) is 16.1. The Hall–Kier alpha value is -0.520. The Balaban J connectivity index is 3.01. The van der Waals surface area contributed by atoms with Crippen molar-refractivity contribution in [3.05, 3.63) is 0 Å². The molecule has 0 amide bonds. The average Bonchev–Trinajstić information content (AvgIpc) is 2.60. The fraction of sp³-hybridized carbons (Fsp3) is 0.905. The molecule has 0 atom stereocenters. The van der Waals surface area contributed by atoms with E-state index in [-0.39, 0.29) is 7.92 Å². The first kappa shape index (κ1) is 24.5. The molecule has 0 unspecified atom stereocenters. The molecule has 1 N–H and O–H groups in total. The number of carboxylic acids is 1. The number of unbranched alkanes of at least 4 members (excludes halogenated alkanes) is 17. The topological polar surface area (TPSA) is 54.4 Å². The summed E-state index contributed by atoms with van der Waals surface area (Å²) in [7, 11) is 0.0618. The Bertz CT molecular complexity index is 389. The van der Waals surface area contributed by atoms with Crippen LogP contribution < -0.4 is 0 Å². The molecule has 0 aliphatic heterocycles. The van der Waals surface area contributed by atoms with Crippen molar-refractivity contribution < 1.29 is 14.5 Å². The van der Waals surface area contributed by atoms with Gasteiger partial charge in [-0.05, 0) is 6.42 Å². The van der Waals surface area contributed by atoms with Gasteiger partial charge in [-0.25, -0.2) is 0 Å². The fourth-order valence-electron chi connectivity index (χ4n) is 3.18. The van der Waals surface area contributed by atoms with Gasteiger partial charge in [-0.2, -0.15) is 0 Å². The Morgan fingerprint density at radius 2 is 0.920 bits per heavy atom. The van der Waals surface area contributed by atoms with Crippen LogP contribution in [0.2, 0.25) is 0 Å². The number of carboxylic acid groups (broad SMARTS) is 1. The predicted molar refractivity (Wildman–Crippen MR) is 107 cm³/mol. The molecule has 0 radical (unpaired) electrons. The molecule has 25 heavy (non-hydrogen) atoms. The second kappa shape index (κ2) is 21.5. The van der Waals surface area contributed by atoms with Gasteiger partial charge in [0.1, 0.15) is 0 Å². The zero-order valence-corrected chi connectivity index (χ0v) is 17.0. The van der Waals surface area contributed by atoms with Crippen LogP contribution >= 0.6 is 7.92 Å². The Morgan fingerprint density at radius 1 is 0.600 bits per heavy atom. The minimum atomic E-state index is -0.662. The van der Waals surface area contributed by atoms with Crippen LogP contribution in [-0.2, 0) is 9.36 Å². The zero-order chi connectivity index (χ0) is 18.4.